The second-order valence-electron chi connectivity index (χ2n) is 5.01. The standard InChI is InChI=1S/C16H17FN2O2/c17-14-2-1-7-18-15(14)16(19-8-10-21-11-9-19)12-3-5-13(20)6-4-12/h1-7,16,20H,8-11H2. The molecule has 1 N–H and O–H groups in total. The van der Waals surface area contributed by atoms with Crippen molar-refractivity contribution in [2.75, 3.05) is 26.3 Å². The molecule has 1 atom stereocenters. The highest BCUT2D eigenvalue weighted by Gasteiger charge is 2.27. The lowest BCUT2D eigenvalue weighted by Gasteiger charge is -2.34. The number of phenols is 1. The van der Waals surface area contributed by atoms with E-state index in [0.29, 0.717) is 18.9 Å². The van der Waals surface area contributed by atoms with Gasteiger partial charge in [-0.3, -0.25) is 9.88 Å². The van der Waals surface area contributed by atoms with Crippen LogP contribution in [0.2, 0.25) is 0 Å². The highest BCUT2D eigenvalue weighted by molar-refractivity contribution is 5.33. The molecule has 1 fully saturated rings. The summed E-state index contributed by atoms with van der Waals surface area (Å²) in [4.78, 5) is 6.39. The van der Waals surface area contributed by atoms with E-state index in [9.17, 15) is 9.50 Å². The number of aromatic nitrogens is 1. The van der Waals surface area contributed by atoms with Crippen molar-refractivity contribution < 1.29 is 14.2 Å². The Balaban J connectivity index is 2.01. The molecule has 0 spiro atoms. The number of halogens is 1. The Labute approximate surface area is 122 Å². The number of rotatable bonds is 3. The molecule has 0 amide bonds. The number of phenolic OH excluding ortho intramolecular Hbond substituents is 1. The fourth-order valence-corrected chi connectivity index (χ4v) is 2.63. The first-order valence-corrected chi connectivity index (χ1v) is 6.97. The average molecular weight is 288 g/mol. The second kappa shape index (κ2) is 6.20. The Bertz CT molecular complexity index is 597. The van der Waals surface area contributed by atoms with Crippen LogP contribution in [0.25, 0.3) is 0 Å². The molecule has 110 valence electrons. The number of benzene rings is 1. The number of hydrogen-bond acceptors (Lipinski definition) is 4. The summed E-state index contributed by atoms with van der Waals surface area (Å²) in [6, 6.07) is 9.60. The molecule has 5 heteroatoms. The van der Waals surface area contributed by atoms with Crippen LogP contribution in [0.5, 0.6) is 5.75 Å². The molecule has 0 radical (unpaired) electrons. The molecule has 21 heavy (non-hydrogen) atoms. The van der Waals surface area contributed by atoms with Gasteiger partial charge in [-0.05, 0) is 29.8 Å². The predicted octanol–water partition coefficient (Wildman–Crippen LogP) is 2.35. The lowest BCUT2D eigenvalue weighted by molar-refractivity contribution is 0.0225. The van der Waals surface area contributed by atoms with Crippen LogP contribution in [0.15, 0.2) is 42.6 Å². The van der Waals surface area contributed by atoms with Gasteiger partial charge in [-0.2, -0.15) is 0 Å². The van der Waals surface area contributed by atoms with E-state index in [2.05, 4.69) is 9.88 Å². The van der Waals surface area contributed by atoms with E-state index < -0.39 is 0 Å². The number of morpholine rings is 1. The zero-order valence-corrected chi connectivity index (χ0v) is 11.6. The molecular formula is C16H17FN2O2. The number of ether oxygens (including phenoxy) is 1. The maximum atomic E-state index is 14.2. The summed E-state index contributed by atoms with van der Waals surface area (Å²) in [5.41, 5.74) is 1.32. The highest BCUT2D eigenvalue weighted by Crippen LogP contribution is 2.30. The van der Waals surface area contributed by atoms with Crippen molar-refractivity contribution in [2.24, 2.45) is 0 Å². The van der Waals surface area contributed by atoms with Gasteiger partial charge in [0.05, 0.1) is 24.9 Å². The Morgan fingerprint density at radius 3 is 2.52 bits per heavy atom. The van der Waals surface area contributed by atoms with Gasteiger partial charge in [-0.15, -0.1) is 0 Å². The van der Waals surface area contributed by atoms with E-state index in [1.165, 1.54) is 6.07 Å². The van der Waals surface area contributed by atoms with Gasteiger partial charge in [-0.25, -0.2) is 4.39 Å². The lowest BCUT2D eigenvalue weighted by atomic mass is 10.00. The molecule has 0 saturated carbocycles. The van der Waals surface area contributed by atoms with Gasteiger partial charge in [0.15, 0.2) is 0 Å². The number of aromatic hydroxyl groups is 1. The monoisotopic (exact) mass is 288 g/mol. The Morgan fingerprint density at radius 2 is 1.86 bits per heavy atom. The fourth-order valence-electron chi connectivity index (χ4n) is 2.63. The lowest BCUT2D eigenvalue weighted by Crippen LogP contribution is -2.40. The molecule has 0 bridgehead atoms. The Morgan fingerprint density at radius 1 is 1.14 bits per heavy atom. The van der Waals surface area contributed by atoms with Crippen LogP contribution >= 0.6 is 0 Å². The zero-order valence-electron chi connectivity index (χ0n) is 11.6. The molecule has 2 aromatic rings. The van der Waals surface area contributed by atoms with Crippen molar-refractivity contribution >= 4 is 0 Å². The third-order valence-corrected chi connectivity index (χ3v) is 3.67. The molecular weight excluding hydrogens is 271 g/mol. The van der Waals surface area contributed by atoms with Crippen molar-refractivity contribution in [2.45, 2.75) is 6.04 Å². The van der Waals surface area contributed by atoms with Crippen LogP contribution in [0, 0.1) is 5.82 Å². The molecule has 1 aromatic carbocycles. The molecule has 1 aliphatic heterocycles. The van der Waals surface area contributed by atoms with Crippen LogP contribution < -0.4 is 0 Å². The SMILES string of the molecule is Oc1ccc(C(c2ncccc2F)N2CCOCC2)cc1. The van der Waals surface area contributed by atoms with Crippen molar-refractivity contribution in [3.8, 4) is 5.75 Å². The van der Waals surface area contributed by atoms with Gasteiger partial charge in [0.2, 0.25) is 0 Å². The molecule has 1 aliphatic rings. The smallest absolute Gasteiger partial charge is 0.146 e. The van der Waals surface area contributed by atoms with Gasteiger partial charge < -0.3 is 9.84 Å². The van der Waals surface area contributed by atoms with Crippen LogP contribution in [-0.2, 0) is 4.74 Å². The fraction of sp³-hybridized carbons (Fsp3) is 0.312. The average Bonchev–Trinajstić information content (AvgIpc) is 2.52. The summed E-state index contributed by atoms with van der Waals surface area (Å²) >= 11 is 0. The maximum Gasteiger partial charge on any atom is 0.146 e. The molecule has 3 rings (SSSR count). The van der Waals surface area contributed by atoms with E-state index in [-0.39, 0.29) is 17.6 Å². The van der Waals surface area contributed by atoms with E-state index in [1.54, 1.807) is 24.4 Å². The Kier molecular flexibility index (Phi) is 4.13. The van der Waals surface area contributed by atoms with E-state index in [1.807, 2.05) is 12.1 Å². The molecule has 1 aromatic heterocycles. The minimum Gasteiger partial charge on any atom is -0.508 e. The van der Waals surface area contributed by atoms with Crippen LogP contribution in [-0.4, -0.2) is 41.3 Å². The molecule has 4 nitrogen and oxygen atoms in total. The third-order valence-electron chi connectivity index (χ3n) is 3.67. The normalized spacial score (nSPS) is 17.6. The van der Waals surface area contributed by atoms with Crippen molar-refractivity contribution in [3.63, 3.8) is 0 Å². The predicted molar refractivity (Wildman–Crippen MR) is 76.5 cm³/mol. The largest absolute Gasteiger partial charge is 0.508 e. The summed E-state index contributed by atoms with van der Waals surface area (Å²) in [6.07, 6.45) is 1.60. The second-order valence-corrected chi connectivity index (χ2v) is 5.01. The van der Waals surface area contributed by atoms with Crippen LogP contribution in [0.3, 0.4) is 0 Å². The molecule has 1 unspecified atom stereocenters. The van der Waals surface area contributed by atoms with Crippen molar-refractivity contribution in [1.29, 1.82) is 0 Å². The minimum absolute atomic E-state index is 0.195. The summed E-state index contributed by atoms with van der Waals surface area (Å²) in [7, 11) is 0. The van der Waals surface area contributed by atoms with Gasteiger partial charge in [-0.1, -0.05) is 12.1 Å². The molecule has 2 heterocycles. The maximum absolute atomic E-state index is 14.2. The van der Waals surface area contributed by atoms with E-state index in [4.69, 9.17) is 4.74 Å². The summed E-state index contributed by atoms with van der Waals surface area (Å²) in [5.74, 6) is -0.122. The van der Waals surface area contributed by atoms with Gasteiger partial charge in [0.25, 0.3) is 0 Å². The van der Waals surface area contributed by atoms with Gasteiger partial charge >= 0.3 is 0 Å². The van der Waals surface area contributed by atoms with Crippen LogP contribution in [0.1, 0.15) is 17.3 Å². The van der Waals surface area contributed by atoms with Gasteiger partial charge in [0, 0.05) is 19.3 Å². The quantitative estimate of drug-likeness (QED) is 0.941. The van der Waals surface area contributed by atoms with Crippen molar-refractivity contribution in [3.05, 3.63) is 59.7 Å². The van der Waals surface area contributed by atoms with Crippen LogP contribution in [0.4, 0.5) is 4.39 Å². The first kappa shape index (κ1) is 14.0. The van der Waals surface area contributed by atoms with E-state index in [0.717, 1.165) is 18.7 Å². The first-order chi connectivity index (χ1) is 10.3. The third kappa shape index (κ3) is 3.04. The Hall–Kier alpha value is -1.98. The zero-order chi connectivity index (χ0) is 14.7. The van der Waals surface area contributed by atoms with E-state index >= 15 is 0 Å². The number of nitrogens with zero attached hydrogens (tertiary/aromatic N) is 2. The highest BCUT2D eigenvalue weighted by atomic mass is 19.1. The number of pyridine rings is 1. The molecule has 0 aliphatic carbocycles. The first-order valence-electron chi connectivity index (χ1n) is 6.97. The number of hydrogen-bond donors (Lipinski definition) is 1. The topological polar surface area (TPSA) is 45.6 Å². The van der Waals surface area contributed by atoms with Crippen molar-refractivity contribution in [1.82, 2.24) is 9.88 Å². The van der Waals surface area contributed by atoms with Gasteiger partial charge in [0.1, 0.15) is 11.6 Å². The molecule has 1 saturated heterocycles. The summed E-state index contributed by atoms with van der Waals surface area (Å²) in [6.45, 7) is 2.70. The summed E-state index contributed by atoms with van der Waals surface area (Å²) in [5, 5.41) is 9.45. The minimum atomic E-state index is -0.318. The summed E-state index contributed by atoms with van der Waals surface area (Å²) < 4.78 is 19.6.